The maximum absolute atomic E-state index is 12.9. The lowest BCUT2D eigenvalue weighted by Gasteiger charge is -2.00. The van der Waals surface area contributed by atoms with Crippen LogP contribution < -0.4 is 0 Å². The number of rotatable bonds is 1. The molecule has 0 saturated carbocycles. The van der Waals surface area contributed by atoms with Gasteiger partial charge >= 0.3 is 0 Å². The summed E-state index contributed by atoms with van der Waals surface area (Å²) in [5.41, 5.74) is 0.259. The zero-order valence-corrected chi connectivity index (χ0v) is 8.17. The Balaban J connectivity index is 2.54. The Kier molecular flexibility index (Phi) is 2.60. The van der Waals surface area contributed by atoms with Crippen LogP contribution in [0.1, 0.15) is 0 Å². The molecule has 0 bridgehead atoms. The molecule has 1 aromatic heterocycles. The molecule has 0 aliphatic rings. The minimum atomic E-state index is -0.673. The maximum atomic E-state index is 12.9. The highest BCUT2D eigenvalue weighted by molar-refractivity contribution is 6.29. The molecule has 0 unspecified atom stereocenters. The van der Waals surface area contributed by atoms with E-state index in [4.69, 9.17) is 11.6 Å². The van der Waals surface area contributed by atoms with Crippen LogP contribution in [0, 0.1) is 11.6 Å². The quantitative estimate of drug-likeness (QED) is 0.699. The summed E-state index contributed by atoms with van der Waals surface area (Å²) >= 11 is 5.64. The summed E-state index contributed by atoms with van der Waals surface area (Å²) in [6.07, 6.45) is 1.42. The molecule has 2 aromatic rings. The maximum Gasteiger partial charge on any atom is 0.161 e. The van der Waals surface area contributed by atoms with Crippen molar-refractivity contribution in [1.29, 1.82) is 0 Å². The molecule has 0 atom stereocenters. The molecule has 0 N–H and O–H groups in total. The second-order valence-electron chi connectivity index (χ2n) is 2.86. The fraction of sp³-hybridized carbons (Fsp3) is 0. The molecular formula is C10H5ClF2N2. The first kappa shape index (κ1) is 9.98. The number of hydrogen-bond acceptors (Lipinski definition) is 2. The summed E-state index contributed by atoms with van der Waals surface area (Å²) in [6, 6.07) is 4.57. The lowest BCUT2D eigenvalue weighted by Crippen LogP contribution is -1.90. The predicted octanol–water partition coefficient (Wildman–Crippen LogP) is 3.08. The van der Waals surface area contributed by atoms with E-state index < -0.39 is 11.6 Å². The fourth-order valence-electron chi connectivity index (χ4n) is 1.16. The molecule has 0 fully saturated rings. The Morgan fingerprint density at radius 3 is 2.33 bits per heavy atom. The molecule has 0 saturated heterocycles. The summed E-state index contributed by atoms with van der Waals surface area (Å²) < 4.78 is 25.8. The summed E-state index contributed by atoms with van der Waals surface area (Å²) in [4.78, 5) is 7.71. The van der Waals surface area contributed by atoms with Crippen molar-refractivity contribution in [2.24, 2.45) is 0 Å². The third-order valence-corrected chi connectivity index (χ3v) is 1.95. The number of aromatic nitrogens is 2. The van der Waals surface area contributed by atoms with Gasteiger partial charge in [-0.05, 0) is 18.2 Å². The third kappa shape index (κ3) is 2.27. The first-order chi connectivity index (χ1) is 7.15. The number of halogens is 3. The van der Waals surface area contributed by atoms with E-state index in [1.165, 1.54) is 12.3 Å². The van der Waals surface area contributed by atoms with E-state index in [1.54, 1.807) is 0 Å². The Morgan fingerprint density at radius 1 is 1.07 bits per heavy atom. The molecule has 2 rings (SSSR count). The van der Waals surface area contributed by atoms with Crippen molar-refractivity contribution in [2.75, 3.05) is 0 Å². The molecule has 0 amide bonds. The Morgan fingerprint density at radius 2 is 1.73 bits per heavy atom. The minimum absolute atomic E-state index is 0.195. The van der Waals surface area contributed by atoms with Gasteiger partial charge in [0.05, 0.1) is 0 Å². The molecule has 0 spiro atoms. The van der Waals surface area contributed by atoms with Gasteiger partial charge in [0.1, 0.15) is 16.8 Å². The van der Waals surface area contributed by atoms with Crippen LogP contribution >= 0.6 is 11.6 Å². The van der Waals surface area contributed by atoms with Gasteiger partial charge in [-0.25, -0.2) is 18.7 Å². The second kappa shape index (κ2) is 3.90. The Hall–Kier alpha value is -1.55. The minimum Gasteiger partial charge on any atom is -0.236 e. The van der Waals surface area contributed by atoms with E-state index in [-0.39, 0.29) is 16.5 Å². The molecule has 76 valence electrons. The average molecular weight is 227 g/mol. The van der Waals surface area contributed by atoms with E-state index in [1.807, 2.05) is 0 Å². The van der Waals surface area contributed by atoms with E-state index in [9.17, 15) is 8.78 Å². The van der Waals surface area contributed by atoms with Gasteiger partial charge in [-0.15, -0.1) is 0 Å². The highest BCUT2D eigenvalue weighted by Gasteiger charge is 2.05. The fourth-order valence-corrected chi connectivity index (χ4v) is 1.30. The monoisotopic (exact) mass is 226 g/mol. The van der Waals surface area contributed by atoms with Crippen LogP contribution in [0.15, 0.2) is 30.5 Å². The largest absolute Gasteiger partial charge is 0.236 e. The van der Waals surface area contributed by atoms with Gasteiger partial charge in [-0.3, -0.25) is 0 Å². The van der Waals surface area contributed by atoms with E-state index >= 15 is 0 Å². The van der Waals surface area contributed by atoms with Crippen molar-refractivity contribution in [2.45, 2.75) is 0 Å². The molecule has 0 aliphatic heterocycles. The van der Waals surface area contributed by atoms with Gasteiger partial charge in [0, 0.05) is 17.8 Å². The van der Waals surface area contributed by atoms with Gasteiger partial charge in [0.2, 0.25) is 0 Å². The topological polar surface area (TPSA) is 25.8 Å². The van der Waals surface area contributed by atoms with Crippen LogP contribution in [0.5, 0.6) is 0 Å². The lowest BCUT2D eigenvalue weighted by molar-refractivity contribution is 0.584. The van der Waals surface area contributed by atoms with Crippen LogP contribution in [0.2, 0.25) is 5.15 Å². The van der Waals surface area contributed by atoms with Crippen LogP contribution in [-0.2, 0) is 0 Å². The normalized spacial score (nSPS) is 10.3. The zero-order chi connectivity index (χ0) is 10.8. The first-order valence-electron chi connectivity index (χ1n) is 4.10. The van der Waals surface area contributed by atoms with Gasteiger partial charge in [0.15, 0.2) is 5.82 Å². The van der Waals surface area contributed by atoms with Crippen molar-refractivity contribution < 1.29 is 8.78 Å². The second-order valence-corrected chi connectivity index (χ2v) is 3.25. The highest BCUT2D eigenvalue weighted by atomic mass is 35.5. The van der Waals surface area contributed by atoms with Crippen LogP contribution in [0.4, 0.5) is 8.78 Å². The third-order valence-electron chi connectivity index (χ3n) is 1.74. The van der Waals surface area contributed by atoms with Gasteiger partial charge < -0.3 is 0 Å². The highest BCUT2D eigenvalue weighted by Crippen LogP contribution is 2.18. The molecule has 2 nitrogen and oxygen atoms in total. The molecule has 0 aliphatic carbocycles. The number of benzene rings is 1. The molecule has 1 heterocycles. The van der Waals surface area contributed by atoms with Crippen molar-refractivity contribution in [1.82, 2.24) is 9.97 Å². The predicted molar refractivity (Wildman–Crippen MR) is 52.4 cm³/mol. The molecule has 0 radical (unpaired) electrons. The SMILES string of the molecule is Fc1cc(F)cc(-c2nccc(Cl)n2)c1. The molecule has 5 heteroatoms. The summed E-state index contributed by atoms with van der Waals surface area (Å²) in [5.74, 6) is -1.15. The lowest BCUT2D eigenvalue weighted by atomic mass is 10.2. The summed E-state index contributed by atoms with van der Waals surface area (Å²) in [6.45, 7) is 0. The van der Waals surface area contributed by atoms with Crippen molar-refractivity contribution in [3.05, 3.63) is 47.2 Å². The Labute approximate surface area is 89.6 Å². The van der Waals surface area contributed by atoms with Gasteiger partial charge in [-0.1, -0.05) is 11.6 Å². The van der Waals surface area contributed by atoms with Crippen molar-refractivity contribution in [3.8, 4) is 11.4 Å². The van der Waals surface area contributed by atoms with Crippen LogP contribution in [-0.4, -0.2) is 9.97 Å². The number of hydrogen-bond donors (Lipinski definition) is 0. The standard InChI is InChI=1S/C10H5ClF2N2/c11-9-1-2-14-10(15-9)6-3-7(12)5-8(13)4-6/h1-5H. The van der Waals surface area contributed by atoms with Gasteiger partial charge in [0.25, 0.3) is 0 Å². The van der Waals surface area contributed by atoms with Crippen molar-refractivity contribution in [3.63, 3.8) is 0 Å². The summed E-state index contributed by atoms with van der Waals surface area (Å²) in [5, 5.41) is 0.227. The average Bonchev–Trinajstić information content (AvgIpc) is 2.16. The van der Waals surface area contributed by atoms with E-state index in [0.717, 1.165) is 18.2 Å². The van der Waals surface area contributed by atoms with Crippen LogP contribution in [0.3, 0.4) is 0 Å². The van der Waals surface area contributed by atoms with E-state index in [0.29, 0.717) is 0 Å². The molecule has 1 aromatic carbocycles. The van der Waals surface area contributed by atoms with Crippen LogP contribution in [0.25, 0.3) is 11.4 Å². The number of nitrogens with zero attached hydrogens (tertiary/aromatic N) is 2. The molecular weight excluding hydrogens is 222 g/mol. The first-order valence-corrected chi connectivity index (χ1v) is 4.48. The smallest absolute Gasteiger partial charge is 0.161 e. The Bertz CT molecular complexity index is 482. The van der Waals surface area contributed by atoms with Crippen molar-refractivity contribution >= 4 is 11.6 Å². The zero-order valence-electron chi connectivity index (χ0n) is 7.42. The van der Waals surface area contributed by atoms with Gasteiger partial charge in [-0.2, -0.15) is 0 Å². The molecule has 15 heavy (non-hydrogen) atoms. The summed E-state index contributed by atoms with van der Waals surface area (Å²) in [7, 11) is 0. The van der Waals surface area contributed by atoms with E-state index in [2.05, 4.69) is 9.97 Å².